The number of nitrogens with zero attached hydrogens (tertiary/aromatic N) is 1. The molecule has 0 radical (unpaired) electrons. The number of aliphatic carboxylic acids is 1. The van der Waals surface area contributed by atoms with Crippen LogP contribution in [0.25, 0.3) is 0 Å². The van der Waals surface area contributed by atoms with Crippen LogP contribution >= 0.6 is 0 Å². The molecule has 0 bridgehead atoms. The van der Waals surface area contributed by atoms with Gasteiger partial charge in [-0.3, -0.25) is 14.5 Å². The predicted molar refractivity (Wildman–Crippen MR) is 75.3 cm³/mol. The molecule has 1 unspecified atom stereocenters. The van der Waals surface area contributed by atoms with Gasteiger partial charge in [-0.2, -0.15) is 0 Å². The summed E-state index contributed by atoms with van der Waals surface area (Å²) in [5.74, 6) is -1.13. The summed E-state index contributed by atoms with van der Waals surface area (Å²) >= 11 is 0. The number of benzene rings is 1. The van der Waals surface area contributed by atoms with Gasteiger partial charge in [-0.25, -0.2) is 0 Å². The van der Waals surface area contributed by atoms with E-state index in [1.165, 1.54) is 5.56 Å². The highest BCUT2D eigenvalue weighted by molar-refractivity contribution is 5.78. The summed E-state index contributed by atoms with van der Waals surface area (Å²) in [6, 6.07) is 9.99. The lowest BCUT2D eigenvalue weighted by molar-refractivity contribution is -0.141. The third-order valence-electron chi connectivity index (χ3n) is 3.57. The molecule has 2 rings (SSSR count). The Hall–Kier alpha value is -1.88. The number of carboxylic acids is 1. The van der Waals surface area contributed by atoms with Crippen LogP contribution in [-0.2, 0) is 16.0 Å². The molecule has 0 saturated carbocycles. The van der Waals surface area contributed by atoms with Gasteiger partial charge in [-0.15, -0.1) is 0 Å². The third kappa shape index (κ3) is 4.35. The van der Waals surface area contributed by atoms with Crippen molar-refractivity contribution in [1.82, 2.24) is 10.2 Å². The first-order chi connectivity index (χ1) is 9.65. The molecule has 1 aliphatic rings. The van der Waals surface area contributed by atoms with E-state index in [0.717, 1.165) is 6.42 Å². The Morgan fingerprint density at radius 2 is 2.05 bits per heavy atom. The summed E-state index contributed by atoms with van der Waals surface area (Å²) in [5, 5.41) is 11.8. The predicted octanol–water partition coefficient (Wildman–Crippen LogP) is 0.752. The molecule has 20 heavy (non-hydrogen) atoms. The third-order valence-corrected chi connectivity index (χ3v) is 3.57. The SMILES string of the molecule is O=C(CN1CCC(C(=O)O)C1)NCCc1ccccc1. The summed E-state index contributed by atoms with van der Waals surface area (Å²) in [7, 11) is 0. The second kappa shape index (κ2) is 7.05. The molecule has 0 aromatic heterocycles. The normalized spacial score (nSPS) is 18.9. The highest BCUT2D eigenvalue weighted by Crippen LogP contribution is 2.15. The number of likely N-dealkylation sites (tertiary alicyclic amines) is 1. The van der Waals surface area contributed by atoms with Crippen molar-refractivity contribution in [3.63, 3.8) is 0 Å². The molecule has 1 atom stereocenters. The molecule has 108 valence electrons. The minimum absolute atomic E-state index is 0.0352. The maximum absolute atomic E-state index is 11.8. The van der Waals surface area contributed by atoms with Gasteiger partial charge in [0.1, 0.15) is 0 Å². The Morgan fingerprint density at radius 3 is 2.70 bits per heavy atom. The zero-order chi connectivity index (χ0) is 14.4. The van der Waals surface area contributed by atoms with Gasteiger partial charge in [-0.1, -0.05) is 30.3 Å². The van der Waals surface area contributed by atoms with Crippen molar-refractivity contribution in [1.29, 1.82) is 0 Å². The fourth-order valence-corrected chi connectivity index (χ4v) is 2.43. The average molecular weight is 276 g/mol. The van der Waals surface area contributed by atoms with Crippen LogP contribution in [-0.4, -0.2) is 48.1 Å². The Morgan fingerprint density at radius 1 is 1.30 bits per heavy atom. The number of carboxylic acid groups (broad SMARTS) is 1. The molecule has 1 aromatic rings. The highest BCUT2D eigenvalue weighted by atomic mass is 16.4. The Bertz CT molecular complexity index is 461. The van der Waals surface area contributed by atoms with Crippen LogP contribution in [0.15, 0.2) is 30.3 Å². The van der Waals surface area contributed by atoms with E-state index < -0.39 is 5.97 Å². The van der Waals surface area contributed by atoms with Gasteiger partial charge >= 0.3 is 5.97 Å². The molecule has 5 heteroatoms. The van der Waals surface area contributed by atoms with Crippen molar-refractivity contribution in [2.24, 2.45) is 5.92 Å². The highest BCUT2D eigenvalue weighted by Gasteiger charge is 2.28. The van der Waals surface area contributed by atoms with E-state index in [1.807, 2.05) is 35.2 Å². The smallest absolute Gasteiger partial charge is 0.307 e. The molecule has 1 aliphatic heterocycles. The average Bonchev–Trinajstić information content (AvgIpc) is 2.88. The Kier molecular flexibility index (Phi) is 5.12. The lowest BCUT2D eigenvalue weighted by Crippen LogP contribution is -2.37. The standard InChI is InChI=1S/C15H20N2O3/c18-14(11-17-9-7-13(10-17)15(19)20)16-8-6-12-4-2-1-3-5-12/h1-5,13H,6-11H2,(H,16,18)(H,19,20). The first-order valence-corrected chi connectivity index (χ1v) is 6.91. The van der Waals surface area contributed by atoms with E-state index in [0.29, 0.717) is 32.6 Å². The van der Waals surface area contributed by atoms with Gasteiger partial charge in [0, 0.05) is 13.1 Å². The van der Waals surface area contributed by atoms with E-state index >= 15 is 0 Å². The molecular weight excluding hydrogens is 256 g/mol. The first kappa shape index (κ1) is 14.5. The maximum atomic E-state index is 11.8. The van der Waals surface area contributed by atoms with Crippen molar-refractivity contribution < 1.29 is 14.7 Å². The van der Waals surface area contributed by atoms with E-state index in [9.17, 15) is 9.59 Å². The molecule has 1 fully saturated rings. The number of carbonyl (C=O) groups is 2. The Labute approximate surface area is 118 Å². The number of nitrogens with one attached hydrogen (secondary N) is 1. The number of hydrogen-bond donors (Lipinski definition) is 2. The van der Waals surface area contributed by atoms with Crippen molar-refractivity contribution in [3.8, 4) is 0 Å². The minimum atomic E-state index is -0.767. The van der Waals surface area contributed by atoms with E-state index in [4.69, 9.17) is 5.11 Å². The second-order valence-corrected chi connectivity index (χ2v) is 5.14. The molecule has 1 saturated heterocycles. The topological polar surface area (TPSA) is 69.6 Å². The van der Waals surface area contributed by atoms with Crippen molar-refractivity contribution >= 4 is 11.9 Å². The lowest BCUT2D eigenvalue weighted by Gasteiger charge is -2.14. The van der Waals surface area contributed by atoms with Crippen LogP contribution in [0.4, 0.5) is 0 Å². The minimum Gasteiger partial charge on any atom is -0.481 e. The zero-order valence-corrected chi connectivity index (χ0v) is 11.4. The summed E-state index contributed by atoms with van der Waals surface area (Å²) in [5.41, 5.74) is 1.19. The van der Waals surface area contributed by atoms with E-state index in [-0.39, 0.29) is 11.8 Å². The summed E-state index contributed by atoms with van der Waals surface area (Å²) in [4.78, 5) is 24.5. The first-order valence-electron chi connectivity index (χ1n) is 6.91. The largest absolute Gasteiger partial charge is 0.481 e. The van der Waals surface area contributed by atoms with Crippen LogP contribution in [0.3, 0.4) is 0 Å². The van der Waals surface area contributed by atoms with Crippen LogP contribution in [0, 0.1) is 5.92 Å². The fraction of sp³-hybridized carbons (Fsp3) is 0.467. The van der Waals surface area contributed by atoms with Gasteiger partial charge in [-0.05, 0) is 24.9 Å². The second-order valence-electron chi connectivity index (χ2n) is 5.14. The molecule has 0 aliphatic carbocycles. The van der Waals surface area contributed by atoms with Gasteiger partial charge in [0.2, 0.25) is 5.91 Å². The molecule has 5 nitrogen and oxygen atoms in total. The van der Waals surface area contributed by atoms with Crippen LogP contribution in [0.5, 0.6) is 0 Å². The molecule has 1 amide bonds. The Balaban J connectivity index is 1.65. The number of rotatable bonds is 6. The van der Waals surface area contributed by atoms with E-state index in [1.54, 1.807) is 0 Å². The van der Waals surface area contributed by atoms with Crippen molar-refractivity contribution in [2.45, 2.75) is 12.8 Å². The van der Waals surface area contributed by atoms with Gasteiger partial charge < -0.3 is 10.4 Å². The zero-order valence-electron chi connectivity index (χ0n) is 11.4. The van der Waals surface area contributed by atoms with Crippen molar-refractivity contribution in [2.75, 3.05) is 26.2 Å². The summed E-state index contributed by atoms with van der Waals surface area (Å²) < 4.78 is 0. The molecule has 2 N–H and O–H groups in total. The van der Waals surface area contributed by atoms with Crippen LogP contribution < -0.4 is 5.32 Å². The molecule has 0 spiro atoms. The molecule has 1 aromatic carbocycles. The van der Waals surface area contributed by atoms with Crippen molar-refractivity contribution in [3.05, 3.63) is 35.9 Å². The summed E-state index contributed by atoms with van der Waals surface area (Å²) in [6.07, 6.45) is 1.44. The van der Waals surface area contributed by atoms with Gasteiger partial charge in [0.15, 0.2) is 0 Å². The number of carbonyl (C=O) groups excluding carboxylic acids is 1. The molecular formula is C15H20N2O3. The lowest BCUT2D eigenvalue weighted by atomic mass is 10.1. The fourth-order valence-electron chi connectivity index (χ4n) is 2.43. The van der Waals surface area contributed by atoms with Gasteiger partial charge in [0.25, 0.3) is 0 Å². The van der Waals surface area contributed by atoms with Crippen LogP contribution in [0.1, 0.15) is 12.0 Å². The van der Waals surface area contributed by atoms with E-state index in [2.05, 4.69) is 5.32 Å². The maximum Gasteiger partial charge on any atom is 0.307 e. The monoisotopic (exact) mass is 276 g/mol. The quantitative estimate of drug-likeness (QED) is 0.804. The van der Waals surface area contributed by atoms with Gasteiger partial charge in [0.05, 0.1) is 12.5 Å². The number of hydrogen-bond acceptors (Lipinski definition) is 3. The molecule has 1 heterocycles. The van der Waals surface area contributed by atoms with Crippen LogP contribution in [0.2, 0.25) is 0 Å². The number of amides is 1. The summed E-state index contributed by atoms with van der Waals surface area (Å²) in [6.45, 7) is 2.06.